The number of aryl methyl sites for hydroxylation is 1. The Morgan fingerprint density at radius 2 is 1.82 bits per heavy atom. The Morgan fingerprint density at radius 1 is 1.18 bits per heavy atom. The number of likely N-dealkylation sites (N-methyl/N-ethyl adjacent to an activating group) is 1. The minimum absolute atomic E-state index is 0.0745. The summed E-state index contributed by atoms with van der Waals surface area (Å²) in [4.78, 5) is 69.0. The van der Waals surface area contributed by atoms with Gasteiger partial charge in [0.2, 0.25) is 5.91 Å². The molecule has 2 unspecified atom stereocenters. The fourth-order valence-electron chi connectivity index (χ4n) is 7.06. The van der Waals surface area contributed by atoms with Gasteiger partial charge in [0.1, 0.15) is 11.7 Å². The molecule has 2 saturated carbocycles. The molecule has 1 aromatic rings. The average Bonchev–Trinajstić information content (AvgIpc) is 2.79. The SMILES string of the molecule is CCCc1cc(CN)c(O)c2c1C[C@@]1(N)C[C@@]3(N)[C@H](N(C)C)C(=O)C(C(N)=O)C(=O)[C@@]3(C#N)C(=O)C1C2=O. The molecule has 38 heavy (non-hydrogen) atoms. The maximum absolute atomic E-state index is 14.3. The molecule has 0 spiro atoms. The number of phenolic OH excluding ortho intramolecular Hbond substituents is 1. The van der Waals surface area contributed by atoms with Gasteiger partial charge in [-0.2, -0.15) is 5.26 Å². The van der Waals surface area contributed by atoms with Gasteiger partial charge in [-0.15, -0.1) is 0 Å². The molecule has 0 bridgehead atoms. The molecule has 3 aliphatic carbocycles. The molecule has 1 aromatic carbocycles. The van der Waals surface area contributed by atoms with Crippen molar-refractivity contribution in [3.8, 4) is 11.8 Å². The van der Waals surface area contributed by atoms with Gasteiger partial charge in [-0.25, -0.2) is 0 Å². The smallest absolute Gasteiger partial charge is 0.235 e. The van der Waals surface area contributed by atoms with Crippen LogP contribution in [0.25, 0.3) is 0 Å². The molecule has 0 radical (unpaired) electrons. The summed E-state index contributed by atoms with van der Waals surface area (Å²) in [6.07, 6.45) is 0.714. The Kier molecular flexibility index (Phi) is 6.36. The van der Waals surface area contributed by atoms with Crippen molar-refractivity contribution in [3.05, 3.63) is 28.3 Å². The summed E-state index contributed by atoms with van der Waals surface area (Å²) in [6.45, 7) is 1.86. The first-order valence-corrected chi connectivity index (χ1v) is 12.4. The molecule has 12 nitrogen and oxygen atoms in total. The van der Waals surface area contributed by atoms with E-state index < -0.39 is 69.8 Å². The van der Waals surface area contributed by atoms with Gasteiger partial charge in [0.25, 0.3) is 0 Å². The number of primary amides is 1. The number of fused-ring (bicyclic) bond motifs is 3. The number of phenols is 1. The van der Waals surface area contributed by atoms with E-state index in [4.69, 9.17) is 22.9 Å². The largest absolute Gasteiger partial charge is 0.507 e. The number of hydrogen-bond acceptors (Lipinski definition) is 11. The maximum atomic E-state index is 14.3. The molecule has 12 heteroatoms. The molecule has 0 saturated heterocycles. The third-order valence-electron chi connectivity index (χ3n) is 8.50. The monoisotopic (exact) mass is 524 g/mol. The maximum Gasteiger partial charge on any atom is 0.235 e. The summed E-state index contributed by atoms with van der Waals surface area (Å²) < 4.78 is 0. The quantitative estimate of drug-likeness (QED) is 0.270. The molecule has 1 amide bonds. The minimum atomic E-state index is -2.76. The Balaban J connectivity index is 2.04. The number of hydrogen-bond donors (Lipinski definition) is 5. The number of nitrogens with zero attached hydrogens (tertiary/aromatic N) is 2. The number of Topliss-reactive ketones (excluding diaryl/α,β-unsaturated/α-hetero) is 4. The number of nitrogens with two attached hydrogens (primary N) is 4. The molecule has 9 N–H and O–H groups in total. The highest BCUT2D eigenvalue weighted by atomic mass is 16.3. The van der Waals surface area contributed by atoms with Crippen molar-refractivity contribution in [1.29, 1.82) is 5.26 Å². The molecular weight excluding hydrogens is 492 g/mol. The summed E-state index contributed by atoms with van der Waals surface area (Å²) in [7, 11) is 2.92. The number of rotatable bonds is 5. The molecule has 6 atom stereocenters. The highest BCUT2D eigenvalue weighted by molar-refractivity contribution is 6.33. The second-order valence-corrected chi connectivity index (χ2v) is 11.0. The molecule has 2 fully saturated rings. The van der Waals surface area contributed by atoms with E-state index >= 15 is 0 Å². The number of ketones is 4. The van der Waals surface area contributed by atoms with Crippen LogP contribution in [0.2, 0.25) is 0 Å². The highest BCUT2D eigenvalue weighted by Crippen LogP contribution is 2.56. The van der Waals surface area contributed by atoms with Crippen molar-refractivity contribution in [1.82, 2.24) is 4.90 Å². The van der Waals surface area contributed by atoms with Gasteiger partial charge in [-0.05, 0) is 44.5 Å². The van der Waals surface area contributed by atoms with Gasteiger partial charge in [0.15, 0.2) is 34.5 Å². The number of nitriles is 1. The van der Waals surface area contributed by atoms with Gasteiger partial charge in [0, 0.05) is 17.6 Å². The highest BCUT2D eigenvalue weighted by Gasteiger charge is 2.78. The average molecular weight is 525 g/mol. The van der Waals surface area contributed by atoms with Crippen LogP contribution < -0.4 is 22.9 Å². The number of carbonyl (C=O) groups is 5. The lowest BCUT2D eigenvalue weighted by atomic mass is 9.42. The molecule has 0 aromatic heterocycles. The molecule has 0 heterocycles. The standard InChI is InChI=1S/C26H32N6O6/c1-4-5-11-6-12(8-27)17(33)14-13(11)7-24(30)9-26(31)20(32(2)3)19(35)15(23(29)38)21(36)25(26,10-28)22(37)16(24)18(14)34/h6,15-16,20,33H,4-5,7-9,27,30-31H2,1-3H3,(H2,29,38)/t15?,16?,20-,24-,25+,26-/m1/s1. The van der Waals surface area contributed by atoms with E-state index in [9.17, 15) is 34.3 Å². The lowest BCUT2D eigenvalue weighted by Crippen LogP contribution is -2.85. The number of amides is 1. The van der Waals surface area contributed by atoms with E-state index in [0.717, 1.165) is 5.56 Å². The van der Waals surface area contributed by atoms with Crippen molar-refractivity contribution in [3.63, 3.8) is 0 Å². The van der Waals surface area contributed by atoms with Gasteiger partial charge >= 0.3 is 0 Å². The Bertz CT molecular complexity index is 1350. The van der Waals surface area contributed by atoms with Crippen LogP contribution in [-0.2, 0) is 38.6 Å². The predicted octanol–water partition coefficient (Wildman–Crippen LogP) is -1.78. The molecule has 202 valence electrons. The second kappa shape index (κ2) is 8.78. The molecule has 0 aliphatic heterocycles. The van der Waals surface area contributed by atoms with Crippen LogP contribution in [0, 0.1) is 28.6 Å². The van der Waals surface area contributed by atoms with Crippen molar-refractivity contribution in [2.75, 3.05) is 14.1 Å². The van der Waals surface area contributed by atoms with Crippen molar-refractivity contribution in [2.45, 2.75) is 56.3 Å². The zero-order valence-electron chi connectivity index (χ0n) is 21.5. The van der Waals surface area contributed by atoms with Crippen LogP contribution in [0.4, 0.5) is 0 Å². The zero-order valence-corrected chi connectivity index (χ0v) is 21.5. The number of carbonyl (C=O) groups excluding carboxylic acids is 5. The third-order valence-corrected chi connectivity index (χ3v) is 8.50. The lowest BCUT2D eigenvalue weighted by Gasteiger charge is -2.60. The molecule has 4 rings (SSSR count). The first-order valence-electron chi connectivity index (χ1n) is 12.4. The summed E-state index contributed by atoms with van der Waals surface area (Å²) in [6, 6.07) is 1.96. The number of benzene rings is 1. The Labute approximate surface area is 219 Å². The van der Waals surface area contributed by atoms with Crippen LogP contribution in [-0.4, -0.2) is 70.3 Å². The van der Waals surface area contributed by atoms with Crippen LogP contribution in [0.1, 0.15) is 46.8 Å². The summed E-state index contributed by atoms with van der Waals surface area (Å²) >= 11 is 0. The van der Waals surface area contributed by atoms with Gasteiger partial charge < -0.3 is 28.0 Å². The fourth-order valence-corrected chi connectivity index (χ4v) is 7.06. The van der Waals surface area contributed by atoms with Gasteiger partial charge in [-0.1, -0.05) is 19.4 Å². The van der Waals surface area contributed by atoms with Gasteiger partial charge in [0.05, 0.1) is 23.2 Å². The molecular formula is C26H32N6O6. The molecule has 3 aliphatic rings. The first kappa shape index (κ1) is 27.5. The van der Waals surface area contributed by atoms with Crippen molar-refractivity contribution < 1.29 is 29.1 Å². The van der Waals surface area contributed by atoms with E-state index in [1.165, 1.54) is 19.0 Å². The minimum Gasteiger partial charge on any atom is -0.507 e. The normalized spacial score (nSPS) is 34.4. The zero-order chi connectivity index (χ0) is 28.5. The summed E-state index contributed by atoms with van der Waals surface area (Å²) in [5, 5.41) is 21.4. The third kappa shape index (κ3) is 3.19. The summed E-state index contributed by atoms with van der Waals surface area (Å²) in [5.74, 6) is -9.90. The van der Waals surface area contributed by atoms with Crippen LogP contribution in [0.5, 0.6) is 5.75 Å². The van der Waals surface area contributed by atoms with E-state index in [1.807, 2.05) is 6.92 Å². The first-order chi connectivity index (χ1) is 17.7. The summed E-state index contributed by atoms with van der Waals surface area (Å²) in [5.41, 5.74) is 19.5. The van der Waals surface area contributed by atoms with Crippen LogP contribution in [0.3, 0.4) is 0 Å². The van der Waals surface area contributed by atoms with E-state index in [0.29, 0.717) is 24.0 Å². The number of aromatic hydroxyl groups is 1. The van der Waals surface area contributed by atoms with E-state index in [1.54, 1.807) is 12.1 Å². The van der Waals surface area contributed by atoms with Crippen LogP contribution in [0.15, 0.2) is 6.07 Å². The Hall–Kier alpha value is -3.50. The second-order valence-electron chi connectivity index (χ2n) is 11.0. The van der Waals surface area contributed by atoms with Crippen molar-refractivity contribution >= 4 is 29.0 Å². The Morgan fingerprint density at radius 3 is 2.32 bits per heavy atom. The topological polar surface area (TPSA) is 237 Å². The van der Waals surface area contributed by atoms with Gasteiger partial charge in [-0.3, -0.25) is 28.9 Å². The van der Waals surface area contributed by atoms with E-state index in [2.05, 4.69) is 0 Å². The van der Waals surface area contributed by atoms with Crippen LogP contribution >= 0.6 is 0 Å². The van der Waals surface area contributed by atoms with E-state index in [-0.39, 0.29) is 24.3 Å². The lowest BCUT2D eigenvalue weighted by molar-refractivity contribution is -0.166. The van der Waals surface area contributed by atoms with Crippen molar-refractivity contribution in [2.24, 2.45) is 40.2 Å². The fraction of sp³-hybridized carbons (Fsp3) is 0.538. The predicted molar refractivity (Wildman–Crippen MR) is 133 cm³/mol.